The average Bonchev–Trinajstić information content (AvgIpc) is 2.45. The van der Waals surface area contributed by atoms with Crippen LogP contribution in [0.3, 0.4) is 0 Å². The zero-order valence-corrected chi connectivity index (χ0v) is 9.24. The highest BCUT2D eigenvalue weighted by atomic mass is 79.9. The Morgan fingerprint density at radius 3 is 2.93 bits per heavy atom. The molecule has 0 aliphatic heterocycles. The van der Waals surface area contributed by atoms with Crippen molar-refractivity contribution in [2.24, 2.45) is 0 Å². The van der Waals surface area contributed by atoms with E-state index in [9.17, 15) is 0 Å². The van der Waals surface area contributed by atoms with E-state index in [2.05, 4.69) is 26.0 Å². The van der Waals surface area contributed by atoms with Crippen LogP contribution in [0.1, 0.15) is 30.7 Å². The minimum Gasteiger partial charge on any atom is -0.236 e. The fourth-order valence-corrected chi connectivity index (χ4v) is 2.17. The lowest BCUT2D eigenvalue weighted by atomic mass is 9.81. The molecule has 0 bridgehead atoms. The van der Waals surface area contributed by atoms with Gasteiger partial charge in [-0.25, -0.2) is 9.50 Å². The molecule has 14 heavy (non-hydrogen) atoms. The molecular formula is C10H10BrN3. The van der Waals surface area contributed by atoms with Gasteiger partial charge in [0.25, 0.3) is 0 Å². The van der Waals surface area contributed by atoms with Gasteiger partial charge in [-0.2, -0.15) is 5.10 Å². The van der Waals surface area contributed by atoms with Gasteiger partial charge in [-0.1, -0.05) is 6.42 Å². The highest BCUT2D eigenvalue weighted by molar-refractivity contribution is 9.10. The Morgan fingerprint density at radius 2 is 2.21 bits per heavy atom. The molecule has 0 radical (unpaired) electrons. The second kappa shape index (κ2) is 3.05. The number of hydrogen-bond donors (Lipinski definition) is 0. The van der Waals surface area contributed by atoms with E-state index >= 15 is 0 Å². The third kappa shape index (κ3) is 1.17. The van der Waals surface area contributed by atoms with Crippen LogP contribution in [0.25, 0.3) is 5.65 Å². The van der Waals surface area contributed by atoms with Crippen LogP contribution in [0.5, 0.6) is 0 Å². The summed E-state index contributed by atoms with van der Waals surface area (Å²) >= 11 is 3.39. The highest BCUT2D eigenvalue weighted by Gasteiger charge is 2.23. The fourth-order valence-electron chi connectivity index (χ4n) is 1.88. The predicted molar refractivity (Wildman–Crippen MR) is 57.3 cm³/mol. The van der Waals surface area contributed by atoms with E-state index in [1.165, 1.54) is 24.8 Å². The van der Waals surface area contributed by atoms with E-state index in [-0.39, 0.29) is 0 Å². The van der Waals surface area contributed by atoms with Gasteiger partial charge in [0.2, 0.25) is 0 Å². The average molecular weight is 252 g/mol. The van der Waals surface area contributed by atoms with Crippen molar-refractivity contribution in [1.29, 1.82) is 0 Å². The molecule has 2 aromatic heterocycles. The molecule has 0 atom stereocenters. The topological polar surface area (TPSA) is 30.2 Å². The van der Waals surface area contributed by atoms with Crippen LogP contribution in [0.4, 0.5) is 0 Å². The maximum Gasteiger partial charge on any atom is 0.158 e. The molecule has 2 aromatic rings. The van der Waals surface area contributed by atoms with Crippen LogP contribution < -0.4 is 0 Å². The van der Waals surface area contributed by atoms with E-state index in [4.69, 9.17) is 0 Å². The van der Waals surface area contributed by atoms with Crippen molar-refractivity contribution in [1.82, 2.24) is 14.6 Å². The quantitative estimate of drug-likeness (QED) is 0.781. The molecular weight excluding hydrogens is 242 g/mol. The lowest BCUT2D eigenvalue weighted by molar-refractivity contribution is 0.421. The molecule has 0 aromatic carbocycles. The van der Waals surface area contributed by atoms with Gasteiger partial charge in [-0.15, -0.1) is 0 Å². The first-order valence-corrected chi connectivity index (χ1v) is 5.62. The number of nitrogens with zero attached hydrogens (tertiary/aromatic N) is 3. The van der Waals surface area contributed by atoms with Crippen LogP contribution in [-0.2, 0) is 0 Å². The number of fused-ring (bicyclic) bond motifs is 1. The summed E-state index contributed by atoms with van der Waals surface area (Å²) in [5, 5.41) is 4.31. The summed E-state index contributed by atoms with van der Waals surface area (Å²) in [6.07, 6.45) is 9.67. The van der Waals surface area contributed by atoms with Crippen molar-refractivity contribution in [2.45, 2.75) is 25.2 Å². The molecule has 3 rings (SSSR count). The maximum atomic E-state index is 4.40. The van der Waals surface area contributed by atoms with Crippen molar-refractivity contribution in [3.8, 4) is 0 Å². The van der Waals surface area contributed by atoms with Gasteiger partial charge in [0, 0.05) is 18.0 Å². The molecule has 1 fully saturated rings. The number of rotatable bonds is 1. The summed E-state index contributed by atoms with van der Waals surface area (Å²) in [5.41, 5.74) is 2.32. The van der Waals surface area contributed by atoms with Crippen LogP contribution in [0, 0.1) is 0 Å². The smallest absolute Gasteiger partial charge is 0.158 e. The minimum atomic E-state index is 0.696. The van der Waals surface area contributed by atoms with Crippen LogP contribution in [0.2, 0.25) is 0 Å². The lowest BCUT2D eigenvalue weighted by Crippen LogP contribution is -2.08. The Bertz CT molecular complexity index is 473. The van der Waals surface area contributed by atoms with Gasteiger partial charge >= 0.3 is 0 Å². The van der Waals surface area contributed by atoms with E-state index in [0.717, 1.165) is 10.1 Å². The number of aromatic nitrogens is 3. The number of halogens is 1. The van der Waals surface area contributed by atoms with Gasteiger partial charge in [-0.05, 0) is 34.7 Å². The van der Waals surface area contributed by atoms with Crippen molar-refractivity contribution < 1.29 is 0 Å². The largest absolute Gasteiger partial charge is 0.236 e. The zero-order chi connectivity index (χ0) is 9.54. The van der Waals surface area contributed by atoms with Crippen molar-refractivity contribution in [3.05, 3.63) is 28.6 Å². The van der Waals surface area contributed by atoms with E-state index in [1.54, 1.807) is 0 Å². The molecule has 72 valence electrons. The van der Waals surface area contributed by atoms with Gasteiger partial charge in [0.1, 0.15) is 0 Å². The summed E-state index contributed by atoms with van der Waals surface area (Å²) < 4.78 is 2.81. The van der Waals surface area contributed by atoms with Crippen LogP contribution in [-0.4, -0.2) is 14.6 Å². The molecule has 0 N–H and O–H groups in total. The Morgan fingerprint density at radius 1 is 1.36 bits per heavy atom. The van der Waals surface area contributed by atoms with Crippen LogP contribution in [0.15, 0.2) is 23.1 Å². The highest BCUT2D eigenvalue weighted by Crippen LogP contribution is 2.37. The standard InChI is InChI=1S/C10H10BrN3/c11-8-4-12-10-9(7-2-1-3-7)5-13-14(10)6-8/h4-7H,1-3H2. The lowest BCUT2D eigenvalue weighted by Gasteiger charge is -2.23. The van der Waals surface area contributed by atoms with Crippen molar-refractivity contribution in [3.63, 3.8) is 0 Å². The van der Waals surface area contributed by atoms with Gasteiger partial charge in [0.05, 0.1) is 10.7 Å². The summed E-state index contributed by atoms with van der Waals surface area (Å²) in [6.45, 7) is 0. The Hall–Kier alpha value is -0.900. The first-order valence-electron chi connectivity index (χ1n) is 4.83. The zero-order valence-electron chi connectivity index (χ0n) is 7.65. The van der Waals surface area contributed by atoms with E-state index < -0.39 is 0 Å². The Labute approximate surface area is 90.3 Å². The third-order valence-corrected chi connectivity index (χ3v) is 3.31. The summed E-state index contributed by atoms with van der Waals surface area (Å²) in [4.78, 5) is 4.40. The SMILES string of the molecule is Brc1cnc2c(C3CCC3)cnn2c1. The summed E-state index contributed by atoms with van der Waals surface area (Å²) in [6, 6.07) is 0. The molecule has 3 nitrogen and oxygen atoms in total. The summed E-state index contributed by atoms with van der Waals surface area (Å²) in [7, 11) is 0. The van der Waals surface area contributed by atoms with E-state index in [0.29, 0.717) is 5.92 Å². The van der Waals surface area contributed by atoms with Gasteiger partial charge in [-0.3, -0.25) is 0 Å². The molecule has 2 heterocycles. The molecule has 0 amide bonds. The molecule has 0 spiro atoms. The predicted octanol–water partition coefficient (Wildman–Crippen LogP) is 2.76. The third-order valence-electron chi connectivity index (χ3n) is 2.90. The Kier molecular flexibility index (Phi) is 1.83. The van der Waals surface area contributed by atoms with Crippen molar-refractivity contribution >= 4 is 21.6 Å². The van der Waals surface area contributed by atoms with Crippen molar-refractivity contribution in [2.75, 3.05) is 0 Å². The first-order chi connectivity index (χ1) is 6.84. The minimum absolute atomic E-state index is 0.696. The first kappa shape index (κ1) is 8.41. The monoisotopic (exact) mass is 251 g/mol. The second-order valence-corrected chi connectivity index (χ2v) is 4.68. The summed E-state index contributed by atoms with van der Waals surface area (Å²) in [5.74, 6) is 0.696. The van der Waals surface area contributed by atoms with E-state index in [1.807, 2.05) is 23.1 Å². The number of hydrogen-bond acceptors (Lipinski definition) is 2. The molecule has 1 aliphatic carbocycles. The second-order valence-electron chi connectivity index (χ2n) is 3.77. The fraction of sp³-hybridized carbons (Fsp3) is 0.400. The molecule has 1 aliphatic rings. The Balaban J connectivity index is 2.16. The molecule has 0 unspecified atom stereocenters. The van der Waals surface area contributed by atoms with Gasteiger partial charge < -0.3 is 0 Å². The van der Waals surface area contributed by atoms with Crippen LogP contribution >= 0.6 is 15.9 Å². The van der Waals surface area contributed by atoms with Gasteiger partial charge in [0.15, 0.2) is 5.65 Å². The maximum absolute atomic E-state index is 4.40. The molecule has 4 heteroatoms. The normalized spacial score (nSPS) is 17.2. The molecule has 0 saturated heterocycles. The molecule has 1 saturated carbocycles.